The summed E-state index contributed by atoms with van der Waals surface area (Å²) in [5.41, 5.74) is 1.27. The minimum atomic E-state index is -1.00. The Morgan fingerprint density at radius 1 is 1.19 bits per heavy atom. The molecule has 0 aromatic carbocycles. The van der Waals surface area contributed by atoms with E-state index in [0.29, 0.717) is 5.82 Å². The Hall–Kier alpha value is -3.22. The molecular formula is C20H21N5O2. The van der Waals surface area contributed by atoms with Crippen molar-refractivity contribution in [2.75, 3.05) is 18.0 Å². The van der Waals surface area contributed by atoms with E-state index in [9.17, 15) is 9.90 Å². The Morgan fingerprint density at radius 3 is 2.85 bits per heavy atom. The molecule has 3 aromatic rings. The lowest BCUT2D eigenvalue weighted by Crippen LogP contribution is -2.36. The average molecular weight is 363 g/mol. The number of carbonyl (C=O) groups is 1. The molecule has 0 amide bonds. The lowest BCUT2D eigenvalue weighted by atomic mass is 9.97. The van der Waals surface area contributed by atoms with Crippen molar-refractivity contribution in [2.45, 2.75) is 25.3 Å². The fourth-order valence-electron chi connectivity index (χ4n) is 3.61. The Labute approximate surface area is 157 Å². The van der Waals surface area contributed by atoms with Gasteiger partial charge >= 0.3 is 5.97 Å². The van der Waals surface area contributed by atoms with E-state index in [0.717, 1.165) is 38.3 Å². The molecule has 0 aliphatic carbocycles. The van der Waals surface area contributed by atoms with Crippen LogP contribution in [0.5, 0.6) is 0 Å². The average Bonchev–Trinajstić information content (AvgIpc) is 3.17. The SMILES string of the molecule is O=C(O)c1cccc(N2CCC[C@@H](c3nccn3Cc3ccncc3)C2)n1. The van der Waals surface area contributed by atoms with Crippen LogP contribution < -0.4 is 4.90 Å². The highest BCUT2D eigenvalue weighted by molar-refractivity contribution is 5.85. The summed E-state index contributed by atoms with van der Waals surface area (Å²) in [6, 6.07) is 9.17. The number of anilines is 1. The van der Waals surface area contributed by atoms with E-state index in [2.05, 4.69) is 24.4 Å². The summed E-state index contributed by atoms with van der Waals surface area (Å²) in [7, 11) is 0. The van der Waals surface area contributed by atoms with E-state index in [-0.39, 0.29) is 11.6 Å². The van der Waals surface area contributed by atoms with Gasteiger partial charge in [-0.2, -0.15) is 0 Å². The van der Waals surface area contributed by atoms with Gasteiger partial charge in [0, 0.05) is 50.3 Å². The Kier molecular flexibility index (Phi) is 4.82. The van der Waals surface area contributed by atoms with Gasteiger partial charge in [-0.05, 0) is 42.7 Å². The van der Waals surface area contributed by atoms with E-state index in [1.165, 1.54) is 11.6 Å². The standard InChI is InChI=1S/C20H21N5O2/c26-20(27)17-4-1-5-18(23-17)24-11-2-3-16(14-24)19-22-10-12-25(19)13-15-6-8-21-9-7-15/h1,4-10,12,16H,2-3,11,13-14H2,(H,26,27)/t16-/m1/s1. The van der Waals surface area contributed by atoms with Crippen molar-refractivity contribution in [3.05, 3.63) is 72.2 Å². The lowest BCUT2D eigenvalue weighted by Gasteiger charge is -2.33. The largest absolute Gasteiger partial charge is 0.477 e. The third kappa shape index (κ3) is 3.81. The van der Waals surface area contributed by atoms with Gasteiger partial charge < -0.3 is 14.6 Å². The maximum atomic E-state index is 11.2. The second-order valence-electron chi connectivity index (χ2n) is 6.74. The van der Waals surface area contributed by atoms with Gasteiger partial charge in [0.1, 0.15) is 11.6 Å². The minimum absolute atomic E-state index is 0.0776. The molecule has 138 valence electrons. The zero-order chi connectivity index (χ0) is 18.6. The quantitative estimate of drug-likeness (QED) is 0.750. The van der Waals surface area contributed by atoms with Crippen LogP contribution in [0, 0.1) is 0 Å². The predicted molar refractivity (Wildman–Crippen MR) is 101 cm³/mol. The molecule has 1 fully saturated rings. The number of aromatic nitrogens is 4. The molecule has 0 spiro atoms. The van der Waals surface area contributed by atoms with E-state index in [1.807, 2.05) is 30.6 Å². The summed E-state index contributed by atoms with van der Waals surface area (Å²) in [4.78, 5) is 26.3. The predicted octanol–water partition coefficient (Wildman–Crippen LogP) is 2.80. The molecule has 1 N–H and O–H groups in total. The van der Waals surface area contributed by atoms with Crippen LogP contribution in [0.25, 0.3) is 0 Å². The second kappa shape index (κ2) is 7.57. The van der Waals surface area contributed by atoms with Crippen molar-refractivity contribution >= 4 is 11.8 Å². The number of carboxylic acids is 1. The molecule has 4 heterocycles. The van der Waals surface area contributed by atoms with E-state index >= 15 is 0 Å². The van der Waals surface area contributed by atoms with Gasteiger partial charge in [-0.25, -0.2) is 14.8 Å². The van der Waals surface area contributed by atoms with Gasteiger partial charge in [-0.15, -0.1) is 0 Å². The van der Waals surface area contributed by atoms with Crippen molar-refractivity contribution in [1.29, 1.82) is 0 Å². The Morgan fingerprint density at radius 2 is 2.04 bits per heavy atom. The van der Waals surface area contributed by atoms with E-state index in [4.69, 9.17) is 0 Å². The first kappa shape index (κ1) is 17.2. The number of pyridine rings is 2. The number of aromatic carboxylic acids is 1. The number of imidazole rings is 1. The molecule has 4 rings (SSSR count). The molecule has 7 heteroatoms. The third-order valence-corrected chi connectivity index (χ3v) is 4.91. The van der Waals surface area contributed by atoms with Crippen molar-refractivity contribution < 1.29 is 9.90 Å². The van der Waals surface area contributed by atoms with Gasteiger partial charge in [-0.3, -0.25) is 4.98 Å². The number of carboxylic acid groups (broad SMARTS) is 1. The zero-order valence-corrected chi connectivity index (χ0v) is 14.9. The summed E-state index contributed by atoms with van der Waals surface area (Å²) >= 11 is 0. The molecule has 1 saturated heterocycles. The van der Waals surface area contributed by atoms with Crippen molar-refractivity contribution in [3.8, 4) is 0 Å². The maximum absolute atomic E-state index is 11.2. The molecule has 0 radical (unpaired) electrons. The molecule has 27 heavy (non-hydrogen) atoms. The second-order valence-corrected chi connectivity index (χ2v) is 6.74. The molecule has 7 nitrogen and oxygen atoms in total. The number of nitrogens with zero attached hydrogens (tertiary/aromatic N) is 5. The van der Waals surface area contributed by atoms with Crippen LogP contribution in [0.15, 0.2) is 55.1 Å². The smallest absolute Gasteiger partial charge is 0.354 e. The highest BCUT2D eigenvalue weighted by Gasteiger charge is 2.26. The summed E-state index contributed by atoms with van der Waals surface area (Å²) in [5.74, 6) is 1.06. The molecule has 1 aliphatic rings. The van der Waals surface area contributed by atoms with Crippen LogP contribution in [0.3, 0.4) is 0 Å². The Bertz CT molecular complexity index is 925. The molecule has 0 saturated carbocycles. The number of hydrogen-bond donors (Lipinski definition) is 1. The van der Waals surface area contributed by atoms with Gasteiger partial charge in [0.05, 0.1) is 0 Å². The molecule has 3 aromatic heterocycles. The zero-order valence-electron chi connectivity index (χ0n) is 14.9. The molecule has 1 atom stereocenters. The minimum Gasteiger partial charge on any atom is -0.477 e. The summed E-state index contributed by atoms with van der Waals surface area (Å²) in [6.07, 6.45) is 9.54. The molecule has 1 aliphatic heterocycles. The first-order chi connectivity index (χ1) is 13.2. The van der Waals surface area contributed by atoms with Crippen LogP contribution in [0.1, 0.15) is 40.6 Å². The number of piperidine rings is 1. The molecule has 0 bridgehead atoms. The van der Waals surface area contributed by atoms with Crippen molar-refractivity contribution in [3.63, 3.8) is 0 Å². The Balaban J connectivity index is 1.53. The van der Waals surface area contributed by atoms with Gasteiger partial charge in [0.25, 0.3) is 0 Å². The van der Waals surface area contributed by atoms with Gasteiger partial charge in [0.2, 0.25) is 0 Å². The maximum Gasteiger partial charge on any atom is 0.354 e. The molecular weight excluding hydrogens is 342 g/mol. The topological polar surface area (TPSA) is 84.1 Å². The fraction of sp³-hybridized carbons (Fsp3) is 0.300. The van der Waals surface area contributed by atoms with Gasteiger partial charge in [0.15, 0.2) is 5.69 Å². The third-order valence-electron chi connectivity index (χ3n) is 4.91. The monoisotopic (exact) mass is 363 g/mol. The lowest BCUT2D eigenvalue weighted by molar-refractivity contribution is 0.0690. The van der Waals surface area contributed by atoms with E-state index < -0.39 is 5.97 Å². The summed E-state index contributed by atoms with van der Waals surface area (Å²) in [5, 5.41) is 9.19. The van der Waals surface area contributed by atoms with Crippen LogP contribution in [-0.4, -0.2) is 43.7 Å². The number of hydrogen-bond acceptors (Lipinski definition) is 5. The highest BCUT2D eigenvalue weighted by atomic mass is 16.4. The summed E-state index contributed by atoms with van der Waals surface area (Å²) < 4.78 is 2.19. The van der Waals surface area contributed by atoms with E-state index in [1.54, 1.807) is 18.5 Å². The van der Waals surface area contributed by atoms with Crippen molar-refractivity contribution in [1.82, 2.24) is 19.5 Å². The van der Waals surface area contributed by atoms with Crippen LogP contribution in [0.4, 0.5) is 5.82 Å². The highest BCUT2D eigenvalue weighted by Crippen LogP contribution is 2.29. The molecule has 0 unspecified atom stereocenters. The number of rotatable bonds is 5. The van der Waals surface area contributed by atoms with Crippen LogP contribution in [-0.2, 0) is 6.54 Å². The first-order valence-electron chi connectivity index (χ1n) is 9.06. The summed E-state index contributed by atoms with van der Waals surface area (Å²) in [6.45, 7) is 2.42. The van der Waals surface area contributed by atoms with Crippen molar-refractivity contribution in [2.24, 2.45) is 0 Å². The first-order valence-corrected chi connectivity index (χ1v) is 9.06. The van der Waals surface area contributed by atoms with Crippen LogP contribution in [0.2, 0.25) is 0 Å². The fourth-order valence-corrected chi connectivity index (χ4v) is 3.61. The van der Waals surface area contributed by atoms with Crippen LogP contribution >= 0.6 is 0 Å². The van der Waals surface area contributed by atoms with Gasteiger partial charge in [-0.1, -0.05) is 6.07 Å². The normalized spacial score (nSPS) is 17.0.